The zero-order chi connectivity index (χ0) is 21.4. The molecule has 1 amide bonds. The van der Waals surface area contributed by atoms with E-state index >= 15 is 0 Å². The first kappa shape index (κ1) is 19.8. The Morgan fingerprint density at radius 2 is 1.93 bits per heavy atom. The van der Waals surface area contributed by atoms with Crippen molar-refractivity contribution in [1.82, 2.24) is 19.6 Å². The molecule has 0 aliphatic carbocycles. The van der Waals surface area contributed by atoms with Crippen molar-refractivity contribution in [3.05, 3.63) is 80.9 Å². The maximum atomic E-state index is 13.2. The van der Waals surface area contributed by atoms with Crippen molar-refractivity contribution in [3.8, 4) is 5.69 Å². The second-order valence-corrected chi connectivity index (χ2v) is 7.65. The first-order chi connectivity index (χ1) is 14.3. The van der Waals surface area contributed by atoms with Gasteiger partial charge in [0.1, 0.15) is 12.1 Å². The molecule has 1 N–H and O–H groups in total. The fourth-order valence-corrected chi connectivity index (χ4v) is 3.65. The standard InChI is InChI=1S/C22H20ClN5O2/c1-13-7-8-19(14(2)9-13)28-21-18(11-24-28)15(3)26-27(22(21)30)12-20(29)25-17-6-4-5-16(23)10-17/h4-11H,12H2,1-3H3,(H,25,29). The average Bonchev–Trinajstić information content (AvgIpc) is 3.11. The van der Waals surface area contributed by atoms with Crippen molar-refractivity contribution in [1.29, 1.82) is 0 Å². The van der Waals surface area contributed by atoms with Gasteiger partial charge in [-0.1, -0.05) is 35.4 Å². The third-order valence-electron chi connectivity index (χ3n) is 4.85. The zero-order valence-electron chi connectivity index (χ0n) is 16.8. The van der Waals surface area contributed by atoms with E-state index < -0.39 is 0 Å². The summed E-state index contributed by atoms with van der Waals surface area (Å²) in [6.45, 7) is 5.56. The minimum absolute atomic E-state index is 0.222. The Balaban J connectivity index is 1.74. The number of carbonyl (C=O) groups excluding carboxylic acids is 1. The number of nitrogens with one attached hydrogen (secondary N) is 1. The van der Waals surface area contributed by atoms with Gasteiger partial charge in [-0.25, -0.2) is 9.36 Å². The molecule has 2 aromatic carbocycles. The van der Waals surface area contributed by atoms with E-state index in [1.165, 1.54) is 4.68 Å². The summed E-state index contributed by atoms with van der Waals surface area (Å²) in [5.41, 5.74) is 4.13. The van der Waals surface area contributed by atoms with E-state index in [9.17, 15) is 9.59 Å². The fraction of sp³-hybridized carbons (Fsp3) is 0.182. The van der Waals surface area contributed by atoms with Crippen molar-refractivity contribution < 1.29 is 4.79 Å². The van der Waals surface area contributed by atoms with Crippen molar-refractivity contribution in [2.24, 2.45) is 0 Å². The predicted molar refractivity (Wildman–Crippen MR) is 117 cm³/mol. The van der Waals surface area contributed by atoms with Crippen molar-refractivity contribution >= 4 is 34.1 Å². The lowest BCUT2D eigenvalue weighted by Crippen LogP contribution is -2.31. The summed E-state index contributed by atoms with van der Waals surface area (Å²) in [7, 11) is 0. The Hall–Kier alpha value is -3.45. The van der Waals surface area contributed by atoms with Crippen LogP contribution in [-0.2, 0) is 11.3 Å². The quantitative estimate of drug-likeness (QED) is 0.543. The number of hydrogen-bond acceptors (Lipinski definition) is 4. The van der Waals surface area contributed by atoms with Gasteiger partial charge in [0.25, 0.3) is 5.56 Å². The van der Waals surface area contributed by atoms with Gasteiger partial charge < -0.3 is 5.32 Å². The summed E-state index contributed by atoms with van der Waals surface area (Å²) >= 11 is 5.96. The number of carbonyl (C=O) groups is 1. The Bertz CT molecular complexity index is 1340. The average molecular weight is 422 g/mol. The van der Waals surface area contributed by atoms with Crippen LogP contribution in [0.25, 0.3) is 16.6 Å². The molecule has 0 spiro atoms. The van der Waals surface area contributed by atoms with E-state index in [0.717, 1.165) is 16.8 Å². The molecule has 152 valence electrons. The minimum Gasteiger partial charge on any atom is -0.324 e. The number of hydrogen-bond donors (Lipinski definition) is 1. The van der Waals surface area contributed by atoms with Crippen LogP contribution >= 0.6 is 11.6 Å². The monoisotopic (exact) mass is 421 g/mol. The molecule has 7 nitrogen and oxygen atoms in total. The van der Waals surface area contributed by atoms with Gasteiger partial charge >= 0.3 is 0 Å². The third-order valence-corrected chi connectivity index (χ3v) is 5.08. The van der Waals surface area contributed by atoms with Gasteiger partial charge in [-0.2, -0.15) is 10.2 Å². The number of benzene rings is 2. The highest BCUT2D eigenvalue weighted by molar-refractivity contribution is 6.30. The van der Waals surface area contributed by atoms with Crippen LogP contribution in [0.2, 0.25) is 5.02 Å². The number of aromatic nitrogens is 4. The summed E-state index contributed by atoms with van der Waals surface area (Å²) in [6, 6.07) is 12.8. The number of rotatable bonds is 4. The summed E-state index contributed by atoms with van der Waals surface area (Å²) < 4.78 is 2.78. The molecule has 2 heterocycles. The van der Waals surface area contributed by atoms with Gasteiger partial charge in [-0.15, -0.1) is 0 Å². The summed E-state index contributed by atoms with van der Waals surface area (Å²) in [5, 5.41) is 12.6. The molecule has 0 bridgehead atoms. The van der Waals surface area contributed by atoms with E-state index in [-0.39, 0.29) is 18.0 Å². The minimum atomic E-state index is -0.380. The van der Waals surface area contributed by atoms with Crippen LogP contribution in [0.3, 0.4) is 0 Å². The molecular weight excluding hydrogens is 402 g/mol. The second kappa shape index (κ2) is 7.76. The number of amides is 1. The van der Waals surface area contributed by atoms with Crippen LogP contribution in [-0.4, -0.2) is 25.5 Å². The number of halogens is 1. The molecule has 0 unspecified atom stereocenters. The lowest BCUT2D eigenvalue weighted by molar-refractivity contribution is -0.117. The van der Waals surface area contributed by atoms with Gasteiger partial charge in [-0.3, -0.25) is 9.59 Å². The second-order valence-electron chi connectivity index (χ2n) is 7.22. The molecule has 0 fully saturated rings. The topological polar surface area (TPSA) is 81.8 Å². The summed E-state index contributed by atoms with van der Waals surface area (Å²) in [5.74, 6) is -0.372. The molecule has 0 aliphatic rings. The van der Waals surface area contributed by atoms with Gasteiger partial charge in [0.15, 0.2) is 0 Å². The van der Waals surface area contributed by atoms with Crippen LogP contribution in [0, 0.1) is 20.8 Å². The predicted octanol–water partition coefficient (Wildman–Crippen LogP) is 3.80. The van der Waals surface area contributed by atoms with Gasteiger partial charge in [0.05, 0.1) is 17.6 Å². The summed E-state index contributed by atoms with van der Waals surface area (Å²) in [6.07, 6.45) is 1.63. The molecule has 0 saturated heterocycles. The third kappa shape index (κ3) is 3.71. The van der Waals surface area contributed by atoms with Gasteiger partial charge in [0, 0.05) is 16.1 Å². The fourth-order valence-electron chi connectivity index (χ4n) is 3.46. The van der Waals surface area contributed by atoms with Crippen molar-refractivity contribution in [3.63, 3.8) is 0 Å². The van der Waals surface area contributed by atoms with Crippen molar-refractivity contribution in [2.75, 3.05) is 5.32 Å². The van der Waals surface area contributed by atoms with Gasteiger partial charge in [-0.05, 0) is 50.6 Å². The highest BCUT2D eigenvalue weighted by Crippen LogP contribution is 2.21. The molecule has 4 rings (SSSR count). The first-order valence-corrected chi connectivity index (χ1v) is 9.80. The molecule has 0 saturated carbocycles. The van der Waals surface area contributed by atoms with E-state index in [2.05, 4.69) is 15.5 Å². The number of anilines is 1. The van der Waals surface area contributed by atoms with Crippen LogP contribution < -0.4 is 10.9 Å². The molecule has 8 heteroatoms. The number of nitrogens with zero attached hydrogens (tertiary/aromatic N) is 4. The van der Waals surface area contributed by atoms with E-state index in [0.29, 0.717) is 27.3 Å². The maximum Gasteiger partial charge on any atom is 0.293 e. The SMILES string of the molecule is Cc1ccc(-n2ncc3c(C)nn(CC(=O)Nc4cccc(Cl)c4)c(=O)c32)c(C)c1. The lowest BCUT2D eigenvalue weighted by atomic mass is 10.1. The lowest BCUT2D eigenvalue weighted by Gasteiger charge is -2.11. The zero-order valence-corrected chi connectivity index (χ0v) is 17.6. The number of aryl methyl sites for hydroxylation is 3. The van der Waals surface area contributed by atoms with Crippen LogP contribution in [0.15, 0.2) is 53.5 Å². The Kier molecular flexibility index (Phi) is 5.13. The molecule has 30 heavy (non-hydrogen) atoms. The van der Waals surface area contributed by atoms with Gasteiger partial charge in [0.2, 0.25) is 5.91 Å². The molecule has 0 atom stereocenters. The Morgan fingerprint density at radius 3 is 2.67 bits per heavy atom. The molecular formula is C22H20ClN5O2. The molecule has 2 aromatic heterocycles. The molecule has 4 aromatic rings. The van der Waals surface area contributed by atoms with Crippen LogP contribution in [0.5, 0.6) is 0 Å². The number of fused-ring (bicyclic) bond motifs is 1. The smallest absolute Gasteiger partial charge is 0.293 e. The normalized spacial score (nSPS) is 11.1. The largest absolute Gasteiger partial charge is 0.324 e. The van der Waals surface area contributed by atoms with Crippen molar-refractivity contribution in [2.45, 2.75) is 27.3 Å². The van der Waals surface area contributed by atoms with E-state index in [1.54, 1.807) is 42.1 Å². The Morgan fingerprint density at radius 1 is 1.13 bits per heavy atom. The first-order valence-electron chi connectivity index (χ1n) is 9.42. The molecule has 0 radical (unpaired) electrons. The van der Waals surface area contributed by atoms with Crippen LogP contribution in [0.4, 0.5) is 5.69 Å². The Labute approximate surface area is 177 Å². The highest BCUT2D eigenvalue weighted by Gasteiger charge is 2.17. The summed E-state index contributed by atoms with van der Waals surface area (Å²) in [4.78, 5) is 25.7. The highest BCUT2D eigenvalue weighted by atomic mass is 35.5. The van der Waals surface area contributed by atoms with Crippen LogP contribution in [0.1, 0.15) is 16.8 Å². The maximum absolute atomic E-state index is 13.2. The molecule has 0 aliphatic heterocycles. The van der Waals surface area contributed by atoms with E-state index in [4.69, 9.17) is 11.6 Å². The van der Waals surface area contributed by atoms with E-state index in [1.807, 2.05) is 32.0 Å².